The molecule has 0 saturated carbocycles. The van der Waals surface area contributed by atoms with Crippen molar-refractivity contribution in [2.75, 3.05) is 18.0 Å². The first-order valence-corrected chi connectivity index (χ1v) is 7.20. The molecule has 1 aliphatic heterocycles. The Kier molecular flexibility index (Phi) is 3.48. The van der Waals surface area contributed by atoms with Crippen LogP contribution >= 0.6 is 0 Å². The second kappa shape index (κ2) is 5.31. The summed E-state index contributed by atoms with van der Waals surface area (Å²) >= 11 is 0. The van der Waals surface area contributed by atoms with Gasteiger partial charge in [0, 0.05) is 19.5 Å². The first kappa shape index (κ1) is 13.8. The molecular weight excluding hydrogens is 272 g/mol. The van der Waals surface area contributed by atoms with Crippen LogP contribution in [0.15, 0.2) is 4.52 Å². The zero-order valence-electron chi connectivity index (χ0n) is 12.2. The molecule has 0 aliphatic carbocycles. The van der Waals surface area contributed by atoms with Crippen molar-refractivity contribution in [3.05, 3.63) is 11.5 Å². The average molecular weight is 290 g/mol. The van der Waals surface area contributed by atoms with Gasteiger partial charge < -0.3 is 14.5 Å². The normalized spacial score (nSPS) is 19.1. The second-order valence-corrected chi connectivity index (χ2v) is 5.39. The number of aromatic nitrogens is 3. The van der Waals surface area contributed by atoms with Crippen LogP contribution < -0.4 is 4.90 Å². The molecule has 0 aromatic carbocycles. The molecule has 3 heterocycles. The lowest BCUT2D eigenvalue weighted by molar-refractivity contribution is -0.141. The molecule has 2 aromatic rings. The van der Waals surface area contributed by atoms with Gasteiger partial charge in [0.1, 0.15) is 17.0 Å². The summed E-state index contributed by atoms with van der Waals surface area (Å²) in [6.07, 6.45) is 2.25. The van der Waals surface area contributed by atoms with E-state index in [1.165, 1.54) is 0 Å². The van der Waals surface area contributed by atoms with Gasteiger partial charge in [0.2, 0.25) is 0 Å². The lowest BCUT2D eigenvalue weighted by Crippen LogP contribution is -2.39. The van der Waals surface area contributed by atoms with Gasteiger partial charge in [-0.1, -0.05) is 12.1 Å². The molecule has 21 heavy (non-hydrogen) atoms. The minimum Gasteiger partial charge on any atom is -0.481 e. The SMILES string of the molecule is CCc1nc(N2CCCC(C(=O)O)C2)c2c(C)noc2n1. The van der Waals surface area contributed by atoms with E-state index in [1.54, 1.807) is 0 Å². The fourth-order valence-electron chi connectivity index (χ4n) is 2.77. The van der Waals surface area contributed by atoms with Crippen LogP contribution in [0.1, 0.15) is 31.3 Å². The van der Waals surface area contributed by atoms with Crippen molar-refractivity contribution in [1.29, 1.82) is 0 Å². The Morgan fingerprint density at radius 3 is 3.00 bits per heavy atom. The van der Waals surface area contributed by atoms with Gasteiger partial charge in [-0.25, -0.2) is 4.98 Å². The number of hydrogen-bond acceptors (Lipinski definition) is 6. The van der Waals surface area contributed by atoms with Crippen molar-refractivity contribution < 1.29 is 14.4 Å². The molecule has 1 unspecified atom stereocenters. The van der Waals surface area contributed by atoms with Crippen molar-refractivity contribution >= 4 is 22.9 Å². The Balaban J connectivity index is 2.05. The van der Waals surface area contributed by atoms with Gasteiger partial charge in [-0.3, -0.25) is 4.79 Å². The van der Waals surface area contributed by atoms with E-state index < -0.39 is 5.97 Å². The van der Waals surface area contributed by atoms with Gasteiger partial charge >= 0.3 is 5.97 Å². The second-order valence-electron chi connectivity index (χ2n) is 5.39. The van der Waals surface area contributed by atoms with Crippen molar-refractivity contribution in [3.63, 3.8) is 0 Å². The molecule has 3 rings (SSSR count). The Labute approximate surface area is 122 Å². The Hall–Kier alpha value is -2.18. The molecule has 1 N–H and O–H groups in total. The van der Waals surface area contributed by atoms with Crippen molar-refractivity contribution in [1.82, 2.24) is 15.1 Å². The molecule has 0 bridgehead atoms. The molecule has 2 aromatic heterocycles. The highest BCUT2D eigenvalue weighted by molar-refractivity contribution is 5.88. The van der Waals surface area contributed by atoms with Crippen LogP contribution in [-0.4, -0.2) is 39.3 Å². The van der Waals surface area contributed by atoms with Crippen molar-refractivity contribution in [3.8, 4) is 0 Å². The van der Waals surface area contributed by atoms with E-state index in [4.69, 9.17) is 4.52 Å². The first-order valence-electron chi connectivity index (χ1n) is 7.20. The number of nitrogens with zero attached hydrogens (tertiary/aromatic N) is 4. The summed E-state index contributed by atoms with van der Waals surface area (Å²) in [4.78, 5) is 22.2. The number of rotatable bonds is 3. The predicted molar refractivity (Wildman–Crippen MR) is 76.3 cm³/mol. The monoisotopic (exact) mass is 290 g/mol. The first-order chi connectivity index (χ1) is 10.1. The van der Waals surface area contributed by atoms with Crippen molar-refractivity contribution in [2.24, 2.45) is 5.92 Å². The van der Waals surface area contributed by atoms with Crippen LogP contribution in [0.2, 0.25) is 0 Å². The summed E-state index contributed by atoms with van der Waals surface area (Å²) in [6, 6.07) is 0. The molecule has 112 valence electrons. The number of carboxylic acids is 1. The predicted octanol–water partition coefficient (Wildman–Crippen LogP) is 1.79. The highest BCUT2D eigenvalue weighted by Crippen LogP contribution is 2.30. The van der Waals surface area contributed by atoms with Gasteiger partial charge in [-0.2, -0.15) is 4.98 Å². The largest absolute Gasteiger partial charge is 0.481 e. The number of hydrogen-bond donors (Lipinski definition) is 1. The van der Waals surface area contributed by atoms with Crippen LogP contribution in [-0.2, 0) is 11.2 Å². The lowest BCUT2D eigenvalue weighted by atomic mass is 9.98. The van der Waals surface area contributed by atoms with Gasteiger partial charge in [0.25, 0.3) is 5.71 Å². The lowest BCUT2D eigenvalue weighted by Gasteiger charge is -2.32. The third kappa shape index (κ3) is 2.43. The summed E-state index contributed by atoms with van der Waals surface area (Å²) in [5.41, 5.74) is 1.21. The topological polar surface area (TPSA) is 92.4 Å². The number of aliphatic carboxylic acids is 1. The summed E-state index contributed by atoms with van der Waals surface area (Å²) in [7, 11) is 0. The van der Waals surface area contributed by atoms with Crippen LogP contribution in [0.25, 0.3) is 11.1 Å². The highest BCUT2D eigenvalue weighted by Gasteiger charge is 2.28. The molecule has 7 nitrogen and oxygen atoms in total. The smallest absolute Gasteiger partial charge is 0.308 e. The fourth-order valence-corrected chi connectivity index (χ4v) is 2.77. The zero-order chi connectivity index (χ0) is 15.0. The van der Waals surface area contributed by atoms with E-state index in [1.807, 2.05) is 18.7 Å². The fraction of sp³-hybridized carbons (Fsp3) is 0.571. The maximum atomic E-state index is 11.2. The minimum absolute atomic E-state index is 0.353. The molecule has 1 saturated heterocycles. The zero-order valence-corrected chi connectivity index (χ0v) is 12.2. The van der Waals surface area contributed by atoms with Crippen LogP contribution in [0, 0.1) is 12.8 Å². The maximum Gasteiger partial charge on any atom is 0.308 e. The summed E-state index contributed by atoms with van der Waals surface area (Å²) in [5, 5.41) is 14.0. The number of anilines is 1. The number of aryl methyl sites for hydroxylation is 2. The molecule has 0 radical (unpaired) electrons. The van der Waals surface area contributed by atoms with Gasteiger partial charge in [0.15, 0.2) is 0 Å². The van der Waals surface area contributed by atoms with E-state index in [2.05, 4.69) is 15.1 Å². The standard InChI is InChI=1S/C14H18N4O3/c1-3-10-15-12(11-8(2)17-21-13(11)16-10)18-6-4-5-9(7-18)14(19)20/h9H,3-7H2,1-2H3,(H,19,20). The van der Waals surface area contributed by atoms with E-state index in [-0.39, 0.29) is 5.92 Å². The molecule has 1 aliphatic rings. The van der Waals surface area contributed by atoms with Crippen LogP contribution in [0.5, 0.6) is 0 Å². The molecular formula is C14H18N4O3. The Morgan fingerprint density at radius 1 is 1.48 bits per heavy atom. The van der Waals surface area contributed by atoms with E-state index in [0.29, 0.717) is 30.9 Å². The number of carbonyl (C=O) groups is 1. The number of piperidine rings is 1. The minimum atomic E-state index is -0.747. The van der Waals surface area contributed by atoms with E-state index in [0.717, 1.165) is 29.9 Å². The molecule has 0 amide bonds. The number of carboxylic acid groups (broad SMARTS) is 1. The van der Waals surface area contributed by atoms with Crippen molar-refractivity contribution in [2.45, 2.75) is 33.1 Å². The summed E-state index contributed by atoms with van der Waals surface area (Å²) in [5.74, 6) is 0.337. The third-order valence-corrected chi connectivity index (χ3v) is 3.92. The van der Waals surface area contributed by atoms with E-state index >= 15 is 0 Å². The Bertz CT molecular complexity index is 682. The average Bonchev–Trinajstić information content (AvgIpc) is 2.88. The highest BCUT2D eigenvalue weighted by atomic mass is 16.5. The number of fused-ring (bicyclic) bond motifs is 1. The molecule has 7 heteroatoms. The molecule has 1 atom stereocenters. The quantitative estimate of drug-likeness (QED) is 0.921. The van der Waals surface area contributed by atoms with E-state index in [9.17, 15) is 9.90 Å². The van der Waals surface area contributed by atoms with Crippen LogP contribution in [0.4, 0.5) is 5.82 Å². The third-order valence-electron chi connectivity index (χ3n) is 3.92. The summed E-state index contributed by atoms with van der Waals surface area (Å²) in [6.45, 7) is 5.09. The molecule has 0 spiro atoms. The molecule has 1 fully saturated rings. The van der Waals surface area contributed by atoms with Crippen LogP contribution in [0.3, 0.4) is 0 Å². The van der Waals surface area contributed by atoms with Gasteiger partial charge in [-0.05, 0) is 19.8 Å². The van der Waals surface area contributed by atoms with Gasteiger partial charge in [-0.15, -0.1) is 0 Å². The maximum absolute atomic E-state index is 11.2. The van der Waals surface area contributed by atoms with Gasteiger partial charge in [0.05, 0.1) is 11.6 Å². The Morgan fingerprint density at radius 2 is 2.29 bits per heavy atom. The summed E-state index contributed by atoms with van der Waals surface area (Å²) < 4.78 is 5.25.